The van der Waals surface area contributed by atoms with E-state index >= 15 is 0 Å². The van der Waals surface area contributed by atoms with Gasteiger partial charge in [0.05, 0.1) is 62.5 Å². The summed E-state index contributed by atoms with van der Waals surface area (Å²) in [5, 5.41) is 26.1. The van der Waals surface area contributed by atoms with Crippen molar-refractivity contribution in [3.05, 3.63) is 120 Å². The molecule has 0 aromatic heterocycles. The Labute approximate surface area is 356 Å². The number of aliphatic hydroxyl groups is 2. The molecule has 4 aliphatic rings. The second-order valence-electron chi connectivity index (χ2n) is 15.8. The Bertz CT molecular complexity index is 1810. The van der Waals surface area contributed by atoms with E-state index < -0.39 is 78.6 Å². The third-order valence-corrected chi connectivity index (χ3v) is 13.3. The predicted molar refractivity (Wildman–Crippen MR) is 222 cm³/mol. The fourth-order valence-electron chi connectivity index (χ4n) is 8.72. The molecule has 4 fully saturated rings. The molecule has 1 saturated carbocycles. The van der Waals surface area contributed by atoms with Crippen LogP contribution in [0.4, 0.5) is 4.79 Å². The molecule has 0 spiro atoms. The zero-order chi connectivity index (χ0) is 42.0. The van der Waals surface area contributed by atoms with E-state index in [1.807, 2.05) is 97.9 Å². The number of amides is 1. The van der Waals surface area contributed by atoms with E-state index in [2.05, 4.69) is 11.9 Å². The van der Waals surface area contributed by atoms with E-state index in [4.69, 9.17) is 37.9 Å². The first-order valence-electron chi connectivity index (χ1n) is 20.8. The number of methoxy groups -OCH3 is 1. The van der Waals surface area contributed by atoms with Crippen LogP contribution in [0.3, 0.4) is 0 Å². The zero-order valence-electron chi connectivity index (χ0n) is 34.1. The minimum absolute atomic E-state index is 0.0163. The normalized spacial score (nSPS) is 33.7. The Kier molecular flexibility index (Phi) is 15.7. The average molecular weight is 848 g/mol. The van der Waals surface area contributed by atoms with Crippen molar-refractivity contribution in [1.29, 1.82) is 0 Å². The predicted octanol–water partition coefficient (Wildman–Crippen LogP) is 5.55. The number of alkyl carbamates (subject to hydrolysis) is 1. The van der Waals surface area contributed by atoms with Crippen molar-refractivity contribution in [2.75, 3.05) is 20.3 Å². The first-order valence-corrected chi connectivity index (χ1v) is 21.8. The smallest absolute Gasteiger partial charge is 0.407 e. The number of hydrogen-bond acceptors (Lipinski definition) is 13. The number of fused-ring (bicyclic) bond motifs is 1. The van der Waals surface area contributed by atoms with Crippen LogP contribution in [0.15, 0.2) is 104 Å². The Balaban J connectivity index is 1.21. The highest BCUT2D eigenvalue weighted by Gasteiger charge is 2.55. The Morgan fingerprint density at radius 1 is 0.867 bits per heavy atom. The van der Waals surface area contributed by atoms with Crippen molar-refractivity contribution in [3.63, 3.8) is 0 Å². The summed E-state index contributed by atoms with van der Waals surface area (Å²) in [5.41, 5.74) is 2.16. The van der Waals surface area contributed by atoms with Gasteiger partial charge in [-0.05, 0) is 41.9 Å². The number of hydrogen-bond donors (Lipinski definition) is 3. The number of nitrogens with one attached hydrogen (secondary N) is 1. The summed E-state index contributed by atoms with van der Waals surface area (Å²) in [6.45, 7) is 6.52. The van der Waals surface area contributed by atoms with Crippen LogP contribution in [0.2, 0.25) is 0 Å². The highest BCUT2D eigenvalue weighted by molar-refractivity contribution is 8.00. The first kappa shape index (κ1) is 44.2. The van der Waals surface area contributed by atoms with Gasteiger partial charge < -0.3 is 53.4 Å². The Hall–Kier alpha value is -3.83. The number of aliphatic hydroxyl groups excluding tert-OH is 2. The minimum atomic E-state index is -1.38. The SMILES string of the molecule is C=CCOC(=O)NC1C(O)C2OC[C@@H]2S[C@H]1OC1CC(C(=O)OC)C[C@@H](CC)C1OC1OC(O)C(OCc2ccccc2)C(Cc2ccccc2)C1OCc1ccccc1. The molecule has 7 rings (SSSR count). The molecule has 13 nitrogen and oxygen atoms in total. The summed E-state index contributed by atoms with van der Waals surface area (Å²) in [6.07, 6.45) is -4.48. The molecule has 3 aromatic rings. The maximum atomic E-state index is 13.2. The topological polar surface area (TPSA) is 160 Å². The third kappa shape index (κ3) is 10.8. The van der Waals surface area contributed by atoms with Gasteiger partial charge in [0, 0.05) is 5.92 Å². The number of ether oxygens (including phenoxy) is 8. The molecule has 3 aliphatic heterocycles. The molecule has 1 amide bonds. The summed E-state index contributed by atoms with van der Waals surface area (Å²) in [5.74, 6) is -1.52. The van der Waals surface area contributed by atoms with Gasteiger partial charge in [-0.1, -0.05) is 117 Å². The molecule has 0 radical (unpaired) electrons. The van der Waals surface area contributed by atoms with Crippen LogP contribution in [-0.4, -0.2) is 109 Å². The molecule has 3 N–H and O–H groups in total. The quantitative estimate of drug-likeness (QED) is 0.115. The maximum Gasteiger partial charge on any atom is 0.407 e. The van der Waals surface area contributed by atoms with Crippen LogP contribution in [0, 0.1) is 17.8 Å². The molecular formula is C46H57NO12S. The molecular weight excluding hydrogens is 791 g/mol. The van der Waals surface area contributed by atoms with Crippen LogP contribution >= 0.6 is 11.8 Å². The average Bonchev–Trinajstić information content (AvgIpc) is 3.26. The standard InChI is InChI=1S/C46H57NO12S/c1-4-21-53-46(51)47-36-37(48)41-35(27-56-41)60-45(36)57-34-24-32(42(49)52-3)23-31(5-2)38(34)58-44-40(55-26-30-19-13-8-14-20-30)33(22-28-15-9-6-10-16-28)39(43(50)59-44)54-25-29-17-11-7-12-18-29/h4,6-20,31-41,43-45,48,50H,1,5,21-27H2,2-3H3,(H,47,51)/t31-,32?,33?,34?,35+,36?,37?,38?,39?,40?,41?,43?,44?,45-/m1/s1. The highest BCUT2D eigenvalue weighted by atomic mass is 32.2. The van der Waals surface area contributed by atoms with Gasteiger partial charge >= 0.3 is 12.1 Å². The lowest BCUT2D eigenvalue weighted by atomic mass is 9.76. The summed E-state index contributed by atoms with van der Waals surface area (Å²) in [4.78, 5) is 26.1. The van der Waals surface area contributed by atoms with E-state index in [0.29, 0.717) is 25.9 Å². The largest absolute Gasteiger partial charge is 0.469 e. The van der Waals surface area contributed by atoms with Crippen molar-refractivity contribution in [2.24, 2.45) is 17.8 Å². The van der Waals surface area contributed by atoms with E-state index in [1.165, 1.54) is 24.9 Å². The molecule has 3 heterocycles. The van der Waals surface area contributed by atoms with E-state index in [0.717, 1.165) is 16.7 Å². The van der Waals surface area contributed by atoms with Crippen LogP contribution < -0.4 is 5.32 Å². The van der Waals surface area contributed by atoms with Gasteiger partial charge in [-0.15, -0.1) is 11.8 Å². The van der Waals surface area contributed by atoms with Crippen LogP contribution in [0.25, 0.3) is 0 Å². The fraction of sp³-hybridized carbons (Fsp3) is 0.522. The highest BCUT2D eigenvalue weighted by Crippen LogP contribution is 2.45. The van der Waals surface area contributed by atoms with Crippen LogP contribution in [0.5, 0.6) is 0 Å². The number of carbonyl (C=O) groups excluding carboxylic acids is 2. The molecule has 0 bridgehead atoms. The van der Waals surface area contributed by atoms with E-state index in [1.54, 1.807) is 0 Å². The summed E-state index contributed by atoms with van der Waals surface area (Å²) >= 11 is 1.46. The molecule has 3 aromatic carbocycles. The summed E-state index contributed by atoms with van der Waals surface area (Å²) in [6, 6.07) is 28.7. The van der Waals surface area contributed by atoms with Crippen molar-refractivity contribution in [1.82, 2.24) is 5.32 Å². The Morgan fingerprint density at radius 3 is 2.08 bits per heavy atom. The second-order valence-corrected chi connectivity index (χ2v) is 17.1. The summed E-state index contributed by atoms with van der Waals surface area (Å²) in [7, 11) is 1.37. The van der Waals surface area contributed by atoms with Crippen LogP contribution in [0.1, 0.15) is 42.9 Å². The maximum absolute atomic E-state index is 13.2. The molecule has 1 aliphatic carbocycles. The summed E-state index contributed by atoms with van der Waals surface area (Å²) < 4.78 is 50.0. The van der Waals surface area contributed by atoms with Crippen molar-refractivity contribution < 1.29 is 57.7 Å². The molecule has 60 heavy (non-hydrogen) atoms. The minimum Gasteiger partial charge on any atom is -0.469 e. The molecule has 324 valence electrons. The monoisotopic (exact) mass is 847 g/mol. The Morgan fingerprint density at radius 2 is 1.50 bits per heavy atom. The van der Waals surface area contributed by atoms with Gasteiger partial charge in [0.2, 0.25) is 0 Å². The van der Waals surface area contributed by atoms with E-state index in [-0.39, 0.29) is 43.4 Å². The van der Waals surface area contributed by atoms with Gasteiger partial charge in [0.1, 0.15) is 30.4 Å². The molecule has 14 heteroatoms. The van der Waals surface area contributed by atoms with Crippen molar-refractivity contribution in [2.45, 2.75) is 112 Å². The molecule has 3 saturated heterocycles. The number of carbonyl (C=O) groups is 2. The zero-order valence-corrected chi connectivity index (χ0v) is 34.9. The van der Waals surface area contributed by atoms with Gasteiger partial charge in [-0.2, -0.15) is 0 Å². The van der Waals surface area contributed by atoms with Gasteiger partial charge in [0.25, 0.3) is 0 Å². The van der Waals surface area contributed by atoms with Crippen LogP contribution in [-0.2, 0) is 62.3 Å². The number of esters is 1. The second kappa shape index (κ2) is 21.3. The van der Waals surface area contributed by atoms with E-state index in [9.17, 15) is 19.8 Å². The first-order chi connectivity index (χ1) is 29.3. The molecule has 14 atom stereocenters. The number of thioether (sulfide) groups is 1. The van der Waals surface area contributed by atoms with Crippen molar-refractivity contribution >= 4 is 23.8 Å². The third-order valence-electron chi connectivity index (χ3n) is 11.9. The van der Waals surface area contributed by atoms with Gasteiger partial charge in [-0.3, -0.25) is 4.79 Å². The molecule has 11 unspecified atom stereocenters. The number of rotatable bonds is 17. The lowest BCUT2D eigenvalue weighted by molar-refractivity contribution is -0.363. The van der Waals surface area contributed by atoms with Crippen molar-refractivity contribution in [3.8, 4) is 0 Å². The fourth-order valence-corrected chi connectivity index (χ4v) is 10.2. The van der Waals surface area contributed by atoms with Gasteiger partial charge in [0.15, 0.2) is 12.6 Å². The number of benzene rings is 3. The van der Waals surface area contributed by atoms with Gasteiger partial charge in [-0.25, -0.2) is 4.79 Å². The lowest BCUT2D eigenvalue weighted by Gasteiger charge is -2.52. The lowest BCUT2D eigenvalue weighted by Crippen LogP contribution is -2.67.